The minimum atomic E-state index is -5.47. The molecule has 1 heterocycles. The number of amides is 1. The van der Waals surface area contributed by atoms with Crippen LogP contribution in [0.2, 0.25) is 5.02 Å². The third kappa shape index (κ3) is 6.24. The van der Waals surface area contributed by atoms with Gasteiger partial charge in [0.25, 0.3) is 11.5 Å². The molecule has 0 aromatic heterocycles. The molecule has 1 amide bonds. The van der Waals surface area contributed by atoms with E-state index in [1.165, 1.54) is 35.7 Å². The van der Waals surface area contributed by atoms with E-state index in [2.05, 4.69) is 15.3 Å². The summed E-state index contributed by atoms with van der Waals surface area (Å²) in [5.41, 5.74) is -9.28. The summed E-state index contributed by atoms with van der Waals surface area (Å²) in [6.45, 7) is 1.67. The highest BCUT2D eigenvalue weighted by atomic mass is 35.5. The van der Waals surface area contributed by atoms with Gasteiger partial charge < -0.3 is 10.2 Å². The molecule has 214 valence electrons. The number of oxime groups is 1. The van der Waals surface area contributed by atoms with Gasteiger partial charge in [0.1, 0.15) is 4.08 Å². The smallest absolute Gasteiger partial charge is 0.374 e. The lowest BCUT2D eigenvalue weighted by Crippen LogP contribution is -2.43. The van der Waals surface area contributed by atoms with Crippen LogP contribution >= 0.6 is 35.1 Å². The number of hydrogen-bond donors (Lipinski definition) is 1. The average Bonchev–Trinajstić information content (AvgIpc) is 3.30. The molecule has 0 saturated carbocycles. The van der Waals surface area contributed by atoms with Crippen LogP contribution in [0.5, 0.6) is 0 Å². The highest BCUT2D eigenvalue weighted by molar-refractivity contribution is 8.18. The zero-order valence-electron chi connectivity index (χ0n) is 20.0. The molecule has 1 aliphatic heterocycles. The van der Waals surface area contributed by atoms with E-state index < -0.39 is 62.9 Å². The predicted octanol–water partition coefficient (Wildman–Crippen LogP) is 8.34. The standard InChI is InChI=1S/C23H18ClF9N2O2S2/c1-19(38-2,39-3)18(36)34-16-5-4-11(6-15(16)24)17-10-20(37-35-17,23(31,32)33)12-7-13(21(25,26)27)9-14(8-12)22(28,29)30/h4-9H,10H2,1-3H3,(H,34,36). The Kier molecular flexibility index (Phi) is 8.51. The van der Waals surface area contributed by atoms with Crippen molar-refractivity contribution in [3.8, 4) is 0 Å². The van der Waals surface area contributed by atoms with Crippen molar-refractivity contribution in [2.75, 3.05) is 17.8 Å². The summed E-state index contributed by atoms with van der Waals surface area (Å²) in [6.07, 6.45) is -14.0. The first kappa shape index (κ1) is 31.3. The number of halogens is 10. The fourth-order valence-electron chi connectivity index (χ4n) is 3.55. The monoisotopic (exact) mass is 624 g/mol. The number of thioether (sulfide) groups is 2. The van der Waals surface area contributed by atoms with Crippen molar-refractivity contribution in [1.82, 2.24) is 0 Å². The van der Waals surface area contributed by atoms with E-state index >= 15 is 0 Å². The lowest BCUT2D eigenvalue weighted by molar-refractivity contribution is -0.276. The first-order chi connectivity index (χ1) is 17.8. The molecule has 0 spiro atoms. The largest absolute Gasteiger partial charge is 0.435 e. The molecule has 1 aliphatic rings. The Hall–Kier alpha value is -2.26. The second-order valence-electron chi connectivity index (χ2n) is 8.43. The summed E-state index contributed by atoms with van der Waals surface area (Å²) in [6, 6.07) is 3.30. The van der Waals surface area contributed by atoms with Crippen molar-refractivity contribution in [2.24, 2.45) is 5.16 Å². The van der Waals surface area contributed by atoms with Crippen molar-refractivity contribution < 1.29 is 49.1 Å². The van der Waals surface area contributed by atoms with Gasteiger partial charge in [-0.1, -0.05) is 22.8 Å². The van der Waals surface area contributed by atoms with Crippen LogP contribution in [0.25, 0.3) is 0 Å². The maximum absolute atomic E-state index is 14.3. The van der Waals surface area contributed by atoms with Gasteiger partial charge in [0, 0.05) is 17.5 Å². The van der Waals surface area contributed by atoms with Crippen LogP contribution in [0.4, 0.5) is 45.2 Å². The zero-order chi connectivity index (χ0) is 29.6. The van der Waals surface area contributed by atoms with Crippen molar-refractivity contribution in [1.29, 1.82) is 0 Å². The Morgan fingerprint density at radius 2 is 1.49 bits per heavy atom. The highest BCUT2D eigenvalue weighted by Crippen LogP contribution is 2.51. The summed E-state index contributed by atoms with van der Waals surface area (Å²) >= 11 is 8.73. The number of rotatable bonds is 6. The van der Waals surface area contributed by atoms with Crippen LogP contribution in [0.3, 0.4) is 0 Å². The number of anilines is 1. The molecule has 0 aliphatic carbocycles. The van der Waals surface area contributed by atoms with E-state index in [-0.39, 0.29) is 34.5 Å². The maximum Gasteiger partial charge on any atom is 0.435 e. The van der Waals surface area contributed by atoms with Gasteiger partial charge >= 0.3 is 18.5 Å². The third-order valence-corrected chi connectivity index (χ3v) is 9.22. The molecule has 1 N–H and O–H groups in total. The molecule has 0 bridgehead atoms. The minimum Gasteiger partial charge on any atom is -0.374 e. The molecule has 1 atom stereocenters. The normalized spacial score (nSPS) is 18.5. The quantitative estimate of drug-likeness (QED) is 0.259. The SMILES string of the molecule is CSC(C)(SC)C(=O)Nc1ccc(C2=NOC(c3cc(C(F)(F)F)cc(C(F)(F)F)c3)(C(F)(F)F)C2)cc1Cl. The molecule has 2 aromatic carbocycles. The van der Waals surface area contributed by atoms with Crippen LogP contribution in [0.1, 0.15) is 35.6 Å². The maximum atomic E-state index is 14.3. The Balaban J connectivity index is 2.01. The first-order valence-corrected chi connectivity index (χ1v) is 13.4. The molecule has 3 rings (SSSR count). The second kappa shape index (κ2) is 10.6. The Morgan fingerprint density at radius 3 is 1.92 bits per heavy atom. The fraction of sp³-hybridized carbons (Fsp3) is 0.391. The molecule has 39 heavy (non-hydrogen) atoms. The van der Waals surface area contributed by atoms with E-state index in [0.717, 1.165) is 6.07 Å². The van der Waals surface area contributed by atoms with Gasteiger partial charge in [0.2, 0.25) is 0 Å². The zero-order valence-corrected chi connectivity index (χ0v) is 22.4. The molecule has 2 aromatic rings. The number of nitrogens with zero attached hydrogens (tertiary/aromatic N) is 1. The molecule has 16 heteroatoms. The molecule has 0 radical (unpaired) electrons. The molecular formula is C23H18ClF9N2O2S2. The average molecular weight is 625 g/mol. The number of benzene rings is 2. The number of hydrogen-bond acceptors (Lipinski definition) is 5. The van der Waals surface area contributed by atoms with E-state index in [1.54, 1.807) is 19.4 Å². The van der Waals surface area contributed by atoms with Crippen molar-refractivity contribution in [3.05, 3.63) is 63.7 Å². The van der Waals surface area contributed by atoms with Gasteiger partial charge in [0.15, 0.2) is 0 Å². The topological polar surface area (TPSA) is 50.7 Å². The van der Waals surface area contributed by atoms with E-state index in [1.807, 2.05) is 0 Å². The van der Waals surface area contributed by atoms with Gasteiger partial charge in [-0.2, -0.15) is 39.5 Å². The van der Waals surface area contributed by atoms with Crippen molar-refractivity contribution in [2.45, 2.75) is 41.6 Å². The number of alkyl halides is 9. The molecule has 0 saturated heterocycles. The fourth-order valence-corrected chi connectivity index (χ4v) is 4.91. The van der Waals surface area contributed by atoms with E-state index in [4.69, 9.17) is 11.6 Å². The highest BCUT2D eigenvalue weighted by Gasteiger charge is 2.63. The van der Waals surface area contributed by atoms with Crippen molar-refractivity contribution >= 4 is 52.4 Å². The van der Waals surface area contributed by atoms with Crippen LogP contribution in [0.15, 0.2) is 41.6 Å². The van der Waals surface area contributed by atoms with Gasteiger partial charge in [0.05, 0.1) is 27.5 Å². The third-order valence-electron chi connectivity index (χ3n) is 5.98. The number of carbonyl (C=O) groups is 1. The predicted molar refractivity (Wildman–Crippen MR) is 132 cm³/mol. The van der Waals surface area contributed by atoms with Gasteiger partial charge in [-0.15, -0.1) is 23.5 Å². The summed E-state index contributed by atoms with van der Waals surface area (Å²) in [5, 5.41) is 5.86. The molecule has 4 nitrogen and oxygen atoms in total. The van der Waals surface area contributed by atoms with E-state index in [0.29, 0.717) is 0 Å². The van der Waals surface area contributed by atoms with Gasteiger partial charge in [-0.3, -0.25) is 4.79 Å². The number of nitrogens with one attached hydrogen (secondary N) is 1. The molecular weight excluding hydrogens is 607 g/mol. The van der Waals surface area contributed by atoms with Crippen LogP contribution in [0, 0.1) is 0 Å². The summed E-state index contributed by atoms with van der Waals surface area (Å²) in [7, 11) is 0. The lowest BCUT2D eigenvalue weighted by Gasteiger charge is -2.30. The minimum absolute atomic E-state index is 0.0404. The summed E-state index contributed by atoms with van der Waals surface area (Å²) < 4.78 is 122. The van der Waals surface area contributed by atoms with Gasteiger partial charge in [-0.05, 0) is 49.8 Å². The van der Waals surface area contributed by atoms with Crippen LogP contribution in [-0.4, -0.2) is 34.4 Å². The summed E-state index contributed by atoms with van der Waals surface area (Å²) in [5.74, 6) is -0.417. The second-order valence-corrected chi connectivity index (χ2v) is 11.5. The van der Waals surface area contributed by atoms with Crippen LogP contribution in [-0.2, 0) is 27.6 Å². The molecule has 0 fully saturated rings. The Morgan fingerprint density at radius 1 is 0.949 bits per heavy atom. The first-order valence-electron chi connectivity index (χ1n) is 10.6. The lowest BCUT2D eigenvalue weighted by atomic mass is 9.84. The molecule has 1 unspecified atom stereocenters. The Labute approximate surface area is 229 Å². The van der Waals surface area contributed by atoms with Gasteiger partial charge in [-0.25, -0.2) is 0 Å². The number of carbonyl (C=O) groups excluding carboxylic acids is 1. The summed E-state index contributed by atoms with van der Waals surface area (Å²) in [4.78, 5) is 17.2. The Bertz CT molecular complexity index is 1260. The van der Waals surface area contributed by atoms with Crippen molar-refractivity contribution in [3.63, 3.8) is 0 Å². The van der Waals surface area contributed by atoms with Crippen LogP contribution < -0.4 is 5.32 Å². The van der Waals surface area contributed by atoms with E-state index in [9.17, 15) is 44.3 Å².